The van der Waals surface area contributed by atoms with Gasteiger partial charge in [-0.2, -0.15) is 0 Å². The first-order valence-corrected chi connectivity index (χ1v) is 9.04. The van der Waals surface area contributed by atoms with E-state index in [-0.39, 0.29) is 22.8 Å². The lowest BCUT2D eigenvalue weighted by Crippen LogP contribution is -2.24. The molecule has 23 heavy (non-hydrogen) atoms. The Morgan fingerprint density at radius 2 is 2.17 bits per heavy atom. The van der Waals surface area contributed by atoms with Gasteiger partial charge in [0.15, 0.2) is 10.2 Å². The molecule has 1 amide bonds. The standard InChI is InChI=1S/C16H15FN2O2S2/c1-10(20)22-8-11-6-15(21)19(7-11)16-18-14(9-23-16)12-2-4-13(17)5-3-12/h2-5,9,11H,6-8H2,1H3. The first-order valence-electron chi connectivity index (χ1n) is 7.18. The first-order chi connectivity index (χ1) is 11.0. The van der Waals surface area contributed by atoms with Gasteiger partial charge < -0.3 is 0 Å². The predicted octanol–water partition coefficient (Wildman–Crippen LogP) is 3.58. The van der Waals surface area contributed by atoms with Crippen LogP contribution in [0, 0.1) is 11.7 Å². The van der Waals surface area contributed by atoms with Gasteiger partial charge in [-0.15, -0.1) is 11.3 Å². The van der Waals surface area contributed by atoms with Crippen LogP contribution < -0.4 is 4.90 Å². The fraction of sp³-hybridized carbons (Fsp3) is 0.312. The van der Waals surface area contributed by atoms with E-state index in [0.29, 0.717) is 23.8 Å². The summed E-state index contributed by atoms with van der Waals surface area (Å²) < 4.78 is 13.0. The number of thioether (sulfide) groups is 1. The number of aromatic nitrogens is 1. The Morgan fingerprint density at radius 1 is 1.43 bits per heavy atom. The second-order valence-electron chi connectivity index (χ2n) is 5.40. The number of hydrogen-bond donors (Lipinski definition) is 0. The van der Waals surface area contributed by atoms with Crippen LogP contribution in [0.2, 0.25) is 0 Å². The fourth-order valence-electron chi connectivity index (χ4n) is 2.45. The molecular weight excluding hydrogens is 335 g/mol. The Kier molecular flexibility index (Phi) is 4.77. The van der Waals surface area contributed by atoms with E-state index in [9.17, 15) is 14.0 Å². The molecule has 0 N–H and O–H groups in total. The smallest absolute Gasteiger partial charge is 0.229 e. The summed E-state index contributed by atoms with van der Waals surface area (Å²) in [6.45, 7) is 2.13. The second-order valence-corrected chi connectivity index (χ2v) is 7.43. The molecule has 2 heterocycles. The van der Waals surface area contributed by atoms with Crippen molar-refractivity contribution in [2.45, 2.75) is 13.3 Å². The maximum Gasteiger partial charge on any atom is 0.229 e. The number of rotatable bonds is 4. The topological polar surface area (TPSA) is 50.3 Å². The van der Waals surface area contributed by atoms with Crippen molar-refractivity contribution >= 4 is 39.3 Å². The molecule has 3 rings (SSSR count). The van der Waals surface area contributed by atoms with Gasteiger partial charge in [0, 0.05) is 36.6 Å². The highest BCUT2D eigenvalue weighted by Crippen LogP contribution is 2.32. The van der Waals surface area contributed by atoms with E-state index in [2.05, 4.69) is 4.98 Å². The second kappa shape index (κ2) is 6.80. The van der Waals surface area contributed by atoms with Gasteiger partial charge in [-0.3, -0.25) is 14.5 Å². The monoisotopic (exact) mass is 350 g/mol. The molecule has 0 radical (unpaired) electrons. The first kappa shape index (κ1) is 16.1. The third-order valence-corrected chi connectivity index (χ3v) is 5.50. The molecule has 1 aromatic heterocycles. The van der Waals surface area contributed by atoms with Gasteiger partial charge in [0.25, 0.3) is 0 Å². The summed E-state index contributed by atoms with van der Waals surface area (Å²) >= 11 is 2.66. The van der Waals surface area contributed by atoms with Crippen LogP contribution in [0.15, 0.2) is 29.6 Å². The largest absolute Gasteiger partial charge is 0.288 e. The van der Waals surface area contributed by atoms with Crippen molar-refractivity contribution in [3.63, 3.8) is 0 Å². The van der Waals surface area contributed by atoms with Crippen LogP contribution in [0.3, 0.4) is 0 Å². The Morgan fingerprint density at radius 3 is 2.87 bits per heavy atom. The number of thiazole rings is 1. The Bertz CT molecular complexity index is 730. The number of halogens is 1. The summed E-state index contributed by atoms with van der Waals surface area (Å²) in [4.78, 5) is 29.4. The van der Waals surface area contributed by atoms with Crippen molar-refractivity contribution in [1.82, 2.24) is 4.98 Å². The molecule has 0 aliphatic carbocycles. The predicted molar refractivity (Wildman–Crippen MR) is 91.1 cm³/mol. The van der Waals surface area contributed by atoms with Crippen molar-refractivity contribution in [3.05, 3.63) is 35.5 Å². The number of carbonyl (C=O) groups excluding carboxylic acids is 2. The minimum atomic E-state index is -0.287. The number of anilines is 1. The van der Waals surface area contributed by atoms with Gasteiger partial charge in [-0.25, -0.2) is 9.37 Å². The van der Waals surface area contributed by atoms with Crippen molar-refractivity contribution in [1.29, 1.82) is 0 Å². The van der Waals surface area contributed by atoms with Gasteiger partial charge in [-0.1, -0.05) is 11.8 Å². The van der Waals surface area contributed by atoms with Gasteiger partial charge in [0.1, 0.15) is 5.82 Å². The minimum absolute atomic E-state index is 0.0409. The summed E-state index contributed by atoms with van der Waals surface area (Å²) in [5.74, 6) is 0.590. The highest BCUT2D eigenvalue weighted by molar-refractivity contribution is 8.13. The lowest BCUT2D eigenvalue weighted by Gasteiger charge is -2.12. The third kappa shape index (κ3) is 3.79. The minimum Gasteiger partial charge on any atom is -0.288 e. The molecule has 1 fully saturated rings. The quantitative estimate of drug-likeness (QED) is 0.846. The van der Waals surface area contributed by atoms with E-state index in [1.54, 1.807) is 17.0 Å². The summed E-state index contributed by atoms with van der Waals surface area (Å²) in [6.07, 6.45) is 0.450. The van der Waals surface area contributed by atoms with E-state index in [4.69, 9.17) is 0 Å². The number of hydrogen-bond acceptors (Lipinski definition) is 5. The lowest BCUT2D eigenvalue weighted by atomic mass is 10.1. The highest BCUT2D eigenvalue weighted by Gasteiger charge is 2.32. The third-order valence-electron chi connectivity index (χ3n) is 3.59. The van der Waals surface area contributed by atoms with Gasteiger partial charge in [0.05, 0.1) is 5.69 Å². The average molecular weight is 350 g/mol. The van der Waals surface area contributed by atoms with E-state index in [1.165, 1.54) is 42.2 Å². The van der Waals surface area contributed by atoms with Crippen LogP contribution in [-0.4, -0.2) is 28.3 Å². The fourth-order valence-corrected chi connectivity index (χ4v) is 4.01. The van der Waals surface area contributed by atoms with Crippen LogP contribution in [0.1, 0.15) is 13.3 Å². The molecule has 120 valence electrons. The zero-order valence-corrected chi connectivity index (χ0v) is 14.1. The Balaban J connectivity index is 1.71. The summed E-state index contributed by atoms with van der Waals surface area (Å²) in [5, 5.41) is 2.60. The molecule has 1 aromatic carbocycles. The van der Waals surface area contributed by atoms with E-state index in [1.807, 2.05) is 5.38 Å². The lowest BCUT2D eigenvalue weighted by molar-refractivity contribution is -0.117. The normalized spacial score (nSPS) is 17.7. The molecular formula is C16H15FN2O2S2. The molecule has 0 bridgehead atoms. The van der Waals surface area contributed by atoms with Gasteiger partial charge in [-0.05, 0) is 30.2 Å². The molecule has 4 nitrogen and oxygen atoms in total. The summed E-state index contributed by atoms with van der Waals surface area (Å²) in [7, 11) is 0. The maximum atomic E-state index is 13.0. The van der Waals surface area contributed by atoms with Crippen molar-refractivity contribution in [2.24, 2.45) is 5.92 Å². The molecule has 0 spiro atoms. The molecule has 1 aliphatic heterocycles. The summed E-state index contributed by atoms with van der Waals surface area (Å²) in [6, 6.07) is 6.13. The molecule has 1 saturated heterocycles. The van der Waals surface area contributed by atoms with Crippen LogP contribution in [0.5, 0.6) is 0 Å². The molecule has 0 saturated carbocycles. The number of nitrogens with zero attached hydrogens (tertiary/aromatic N) is 2. The average Bonchev–Trinajstić information content (AvgIpc) is 3.12. The zero-order valence-electron chi connectivity index (χ0n) is 12.5. The SMILES string of the molecule is CC(=O)SCC1CC(=O)N(c2nc(-c3ccc(F)cc3)cs2)C1. The molecule has 7 heteroatoms. The van der Waals surface area contributed by atoms with Crippen molar-refractivity contribution in [2.75, 3.05) is 17.2 Å². The summed E-state index contributed by atoms with van der Waals surface area (Å²) in [5.41, 5.74) is 1.56. The molecule has 1 aliphatic rings. The maximum absolute atomic E-state index is 13.0. The molecule has 1 atom stereocenters. The van der Waals surface area contributed by atoms with Crippen LogP contribution >= 0.6 is 23.1 Å². The van der Waals surface area contributed by atoms with E-state index in [0.717, 1.165) is 11.3 Å². The van der Waals surface area contributed by atoms with Crippen LogP contribution in [0.25, 0.3) is 11.3 Å². The number of benzene rings is 1. The Labute approximate surface area is 141 Å². The van der Waals surface area contributed by atoms with E-state index >= 15 is 0 Å². The van der Waals surface area contributed by atoms with Gasteiger partial charge in [0.2, 0.25) is 5.91 Å². The van der Waals surface area contributed by atoms with Crippen molar-refractivity contribution < 1.29 is 14.0 Å². The Hall–Kier alpha value is -1.73. The number of carbonyl (C=O) groups is 2. The molecule has 1 unspecified atom stereocenters. The van der Waals surface area contributed by atoms with Gasteiger partial charge >= 0.3 is 0 Å². The molecule has 2 aromatic rings. The number of amides is 1. The van der Waals surface area contributed by atoms with Crippen LogP contribution in [-0.2, 0) is 9.59 Å². The van der Waals surface area contributed by atoms with E-state index < -0.39 is 0 Å². The van der Waals surface area contributed by atoms with Crippen LogP contribution in [0.4, 0.5) is 9.52 Å². The van der Waals surface area contributed by atoms with Crippen molar-refractivity contribution in [3.8, 4) is 11.3 Å². The zero-order chi connectivity index (χ0) is 16.4. The highest BCUT2D eigenvalue weighted by atomic mass is 32.2.